The zero-order valence-corrected chi connectivity index (χ0v) is 15.9. The van der Waals surface area contributed by atoms with E-state index in [1.165, 1.54) is 11.8 Å². The lowest BCUT2D eigenvalue weighted by atomic mass is 10.1. The van der Waals surface area contributed by atoms with Crippen LogP contribution in [0.3, 0.4) is 0 Å². The van der Waals surface area contributed by atoms with Crippen LogP contribution in [0.5, 0.6) is 0 Å². The van der Waals surface area contributed by atoms with Crippen LogP contribution in [0.15, 0.2) is 70.6 Å². The van der Waals surface area contributed by atoms with Crippen molar-refractivity contribution in [3.63, 3.8) is 0 Å². The van der Waals surface area contributed by atoms with Crippen LogP contribution in [0.4, 0.5) is 0 Å². The Labute approximate surface area is 162 Å². The van der Waals surface area contributed by atoms with Crippen LogP contribution in [-0.2, 0) is 23.5 Å². The van der Waals surface area contributed by atoms with E-state index in [1.54, 1.807) is 6.92 Å². The summed E-state index contributed by atoms with van der Waals surface area (Å²) in [6, 6.07) is 19.7. The van der Waals surface area contributed by atoms with Gasteiger partial charge in [-0.3, -0.25) is 9.59 Å². The van der Waals surface area contributed by atoms with Gasteiger partial charge < -0.3 is 10.3 Å². The van der Waals surface area contributed by atoms with E-state index in [4.69, 9.17) is 0 Å². The number of aryl methyl sites for hydroxylation is 1. The highest BCUT2D eigenvalue weighted by molar-refractivity contribution is 7.98. The number of amides is 1. The average Bonchev–Trinajstić information content (AvgIpc) is 2.69. The number of aromatic nitrogens is 2. The normalized spacial score (nSPS) is 10.6. The minimum atomic E-state index is -0.257. The van der Waals surface area contributed by atoms with Crippen molar-refractivity contribution in [3.05, 3.63) is 93.4 Å². The van der Waals surface area contributed by atoms with E-state index >= 15 is 0 Å². The van der Waals surface area contributed by atoms with Crippen molar-refractivity contribution in [1.82, 2.24) is 15.3 Å². The third kappa shape index (κ3) is 5.56. The van der Waals surface area contributed by atoms with Gasteiger partial charge in [0.1, 0.15) is 0 Å². The lowest BCUT2D eigenvalue weighted by Crippen LogP contribution is -2.28. The highest BCUT2D eigenvalue weighted by Gasteiger charge is 2.13. The van der Waals surface area contributed by atoms with E-state index in [2.05, 4.69) is 15.3 Å². The van der Waals surface area contributed by atoms with Crippen molar-refractivity contribution in [2.75, 3.05) is 0 Å². The minimum Gasteiger partial charge on any atom is -0.352 e. The van der Waals surface area contributed by atoms with Gasteiger partial charge in [-0.2, -0.15) is 0 Å². The molecule has 0 unspecified atom stereocenters. The summed E-state index contributed by atoms with van der Waals surface area (Å²) in [5.74, 6) is 0.527. The zero-order chi connectivity index (χ0) is 19.1. The summed E-state index contributed by atoms with van der Waals surface area (Å²) in [6.07, 6.45) is 0.0185. The number of hydrogen-bond acceptors (Lipinski definition) is 4. The Balaban J connectivity index is 1.60. The summed E-state index contributed by atoms with van der Waals surface area (Å²) in [5.41, 5.74) is 2.91. The Morgan fingerprint density at radius 3 is 2.30 bits per heavy atom. The molecule has 1 heterocycles. The van der Waals surface area contributed by atoms with E-state index in [0.717, 1.165) is 16.9 Å². The predicted octanol–water partition coefficient (Wildman–Crippen LogP) is 3.23. The first-order chi connectivity index (χ1) is 13.1. The van der Waals surface area contributed by atoms with Crippen molar-refractivity contribution < 1.29 is 4.79 Å². The molecule has 0 saturated carbocycles. The molecule has 0 atom stereocenters. The number of thioether (sulfide) groups is 1. The molecule has 5 nitrogen and oxygen atoms in total. The average molecular weight is 379 g/mol. The zero-order valence-electron chi connectivity index (χ0n) is 15.1. The molecule has 0 bridgehead atoms. The highest BCUT2D eigenvalue weighted by Crippen LogP contribution is 2.18. The third-order valence-corrected chi connectivity index (χ3v) is 5.03. The summed E-state index contributed by atoms with van der Waals surface area (Å²) in [6.45, 7) is 2.21. The van der Waals surface area contributed by atoms with Crippen LogP contribution in [0, 0.1) is 6.92 Å². The van der Waals surface area contributed by atoms with Crippen molar-refractivity contribution in [2.24, 2.45) is 0 Å². The Bertz CT molecular complexity index is 956. The summed E-state index contributed by atoms with van der Waals surface area (Å²) in [5, 5.41) is 3.40. The molecule has 3 aromatic rings. The van der Waals surface area contributed by atoms with Crippen LogP contribution in [0.2, 0.25) is 0 Å². The smallest absolute Gasteiger partial charge is 0.255 e. The van der Waals surface area contributed by atoms with Crippen LogP contribution in [0.1, 0.15) is 22.4 Å². The molecule has 1 amide bonds. The van der Waals surface area contributed by atoms with Crippen molar-refractivity contribution in [1.29, 1.82) is 0 Å². The van der Waals surface area contributed by atoms with Crippen LogP contribution < -0.4 is 10.9 Å². The van der Waals surface area contributed by atoms with E-state index in [9.17, 15) is 9.59 Å². The summed E-state index contributed by atoms with van der Waals surface area (Å²) in [4.78, 5) is 31.8. The first-order valence-electron chi connectivity index (χ1n) is 8.69. The van der Waals surface area contributed by atoms with Crippen molar-refractivity contribution >= 4 is 17.7 Å². The van der Waals surface area contributed by atoms with Gasteiger partial charge in [0.2, 0.25) is 5.91 Å². The van der Waals surface area contributed by atoms with E-state index in [1.807, 2.05) is 60.7 Å². The number of aromatic amines is 1. The van der Waals surface area contributed by atoms with Gasteiger partial charge in [0, 0.05) is 23.6 Å². The predicted molar refractivity (Wildman–Crippen MR) is 108 cm³/mol. The van der Waals surface area contributed by atoms with Gasteiger partial charge in [0.15, 0.2) is 5.16 Å². The fourth-order valence-corrected chi connectivity index (χ4v) is 3.47. The number of hydrogen-bond donors (Lipinski definition) is 2. The number of carbonyl (C=O) groups excluding carboxylic acids is 1. The monoisotopic (exact) mass is 379 g/mol. The molecule has 0 aliphatic rings. The molecule has 0 spiro atoms. The molecule has 0 aliphatic carbocycles. The maximum absolute atomic E-state index is 12.4. The molecule has 27 heavy (non-hydrogen) atoms. The number of rotatable bonds is 7. The Hall–Kier alpha value is -2.86. The lowest BCUT2D eigenvalue weighted by molar-refractivity contribution is -0.120. The maximum atomic E-state index is 12.4. The van der Waals surface area contributed by atoms with Crippen LogP contribution >= 0.6 is 11.8 Å². The van der Waals surface area contributed by atoms with Gasteiger partial charge in [-0.15, -0.1) is 0 Å². The molecule has 2 N–H and O–H groups in total. The first kappa shape index (κ1) is 18.9. The number of carbonyl (C=O) groups is 1. The second kappa shape index (κ2) is 9.19. The number of H-pyrrole nitrogens is 1. The van der Waals surface area contributed by atoms with Crippen LogP contribution in [-0.4, -0.2) is 15.9 Å². The lowest BCUT2D eigenvalue weighted by Gasteiger charge is -2.08. The summed E-state index contributed by atoms with van der Waals surface area (Å²) in [7, 11) is 0. The van der Waals surface area contributed by atoms with E-state index in [-0.39, 0.29) is 17.9 Å². The highest BCUT2D eigenvalue weighted by atomic mass is 32.2. The quantitative estimate of drug-likeness (QED) is 0.488. The molecular formula is C21H21N3O2S. The summed E-state index contributed by atoms with van der Waals surface area (Å²) >= 11 is 1.47. The second-order valence-electron chi connectivity index (χ2n) is 6.15. The second-order valence-corrected chi connectivity index (χ2v) is 7.11. The Morgan fingerprint density at radius 1 is 1.04 bits per heavy atom. The first-order valence-corrected chi connectivity index (χ1v) is 9.67. The third-order valence-electron chi connectivity index (χ3n) is 4.09. The molecule has 2 aromatic carbocycles. The van der Waals surface area contributed by atoms with E-state index < -0.39 is 0 Å². The fraction of sp³-hybridized carbons (Fsp3) is 0.190. The summed E-state index contributed by atoms with van der Waals surface area (Å²) < 4.78 is 0. The molecule has 0 saturated heterocycles. The molecule has 0 aliphatic heterocycles. The van der Waals surface area contributed by atoms with Gasteiger partial charge in [-0.25, -0.2) is 4.98 Å². The molecule has 6 heteroatoms. The standard InChI is InChI=1S/C21H21N3O2S/c1-15-18(12-19(25)22-13-16-8-4-2-5-9-16)20(26)24-21(23-15)27-14-17-10-6-3-7-11-17/h2-11H,12-14H2,1H3,(H,22,25)(H,23,24,26). The molecule has 1 aromatic heterocycles. The number of nitrogens with zero attached hydrogens (tertiary/aromatic N) is 1. The Morgan fingerprint density at radius 2 is 1.67 bits per heavy atom. The van der Waals surface area contributed by atoms with Gasteiger partial charge in [-0.1, -0.05) is 72.4 Å². The minimum absolute atomic E-state index is 0.0185. The Kier molecular flexibility index (Phi) is 6.44. The fourth-order valence-electron chi connectivity index (χ4n) is 2.61. The molecule has 0 fully saturated rings. The van der Waals surface area contributed by atoms with Crippen LogP contribution in [0.25, 0.3) is 0 Å². The molecule has 138 valence electrons. The molecule has 3 rings (SSSR count). The SMILES string of the molecule is Cc1nc(SCc2ccccc2)[nH]c(=O)c1CC(=O)NCc1ccccc1. The number of benzene rings is 2. The topological polar surface area (TPSA) is 74.8 Å². The number of nitrogens with one attached hydrogen (secondary N) is 2. The van der Waals surface area contributed by atoms with Gasteiger partial charge in [0.25, 0.3) is 5.56 Å². The van der Waals surface area contributed by atoms with Gasteiger partial charge in [0.05, 0.1) is 6.42 Å². The maximum Gasteiger partial charge on any atom is 0.255 e. The van der Waals surface area contributed by atoms with Crippen molar-refractivity contribution in [3.8, 4) is 0 Å². The van der Waals surface area contributed by atoms with E-state index in [0.29, 0.717) is 23.0 Å². The largest absolute Gasteiger partial charge is 0.352 e. The van der Waals surface area contributed by atoms with Gasteiger partial charge >= 0.3 is 0 Å². The van der Waals surface area contributed by atoms with Gasteiger partial charge in [-0.05, 0) is 18.1 Å². The molecule has 0 radical (unpaired) electrons. The van der Waals surface area contributed by atoms with Crippen molar-refractivity contribution in [2.45, 2.75) is 30.8 Å². The molecular weight excluding hydrogens is 358 g/mol.